The standard InChI is InChI=1S/C22H26N6OS.C2HF3O2/c1-14-12-28(13-23-14)17-7-6-15(10-18(17)29-4)24-21-25-16-11-22(8-5-9-22)30-19(16)20(26-21)27(2)3;3-2(4,5)1(6)7/h6-7,10,12-13H,5,8-9,11H2,1-4H3,(H,24,25,26);(H,6,7). The van der Waals surface area contributed by atoms with Crippen molar-refractivity contribution in [2.45, 2.75) is 48.4 Å². The molecule has 0 atom stereocenters. The quantitative estimate of drug-likeness (QED) is 0.466. The fourth-order valence-corrected chi connectivity index (χ4v) is 5.82. The molecular formula is C24H27F3N6O3S. The normalized spacial score (nSPS) is 15.3. The lowest BCUT2D eigenvalue weighted by atomic mass is 9.81. The van der Waals surface area contributed by atoms with Crippen molar-refractivity contribution in [3.05, 3.63) is 42.1 Å². The van der Waals surface area contributed by atoms with E-state index in [1.165, 1.54) is 29.9 Å². The molecule has 2 aliphatic rings. The fraction of sp³-hybridized carbons (Fsp3) is 0.417. The number of aliphatic carboxylic acids is 1. The lowest BCUT2D eigenvalue weighted by molar-refractivity contribution is -0.192. The number of nitrogens with zero attached hydrogens (tertiary/aromatic N) is 5. The average Bonchev–Trinajstić information content (AvgIpc) is 3.42. The van der Waals surface area contributed by atoms with E-state index in [1.54, 1.807) is 13.4 Å². The molecule has 2 N–H and O–H groups in total. The highest BCUT2D eigenvalue weighted by Gasteiger charge is 2.45. The average molecular weight is 537 g/mol. The second kappa shape index (κ2) is 10.1. The third kappa shape index (κ3) is 5.76. The lowest BCUT2D eigenvalue weighted by Gasteiger charge is -2.36. The molecule has 5 rings (SSSR count). The van der Waals surface area contributed by atoms with Crippen molar-refractivity contribution < 1.29 is 27.8 Å². The van der Waals surface area contributed by atoms with Crippen molar-refractivity contribution in [3.8, 4) is 11.4 Å². The largest absolute Gasteiger partial charge is 0.494 e. The predicted molar refractivity (Wildman–Crippen MR) is 134 cm³/mol. The van der Waals surface area contributed by atoms with Crippen LogP contribution in [0.25, 0.3) is 5.69 Å². The first kappa shape index (κ1) is 26.6. The molecule has 1 aliphatic heterocycles. The number of halogens is 3. The first-order chi connectivity index (χ1) is 17.4. The zero-order valence-electron chi connectivity index (χ0n) is 20.8. The van der Waals surface area contributed by atoms with E-state index in [0.29, 0.717) is 10.7 Å². The maximum atomic E-state index is 10.6. The summed E-state index contributed by atoms with van der Waals surface area (Å²) in [5.41, 5.74) is 3.96. The molecule has 1 spiro atoms. The Morgan fingerprint density at radius 1 is 1.27 bits per heavy atom. The Hall–Kier alpha value is -3.48. The number of benzene rings is 1. The molecule has 1 aromatic carbocycles. The molecule has 0 radical (unpaired) electrons. The number of hydrogen-bond donors (Lipinski definition) is 2. The number of carboxylic acids is 1. The van der Waals surface area contributed by atoms with Crippen LogP contribution in [0.5, 0.6) is 5.75 Å². The van der Waals surface area contributed by atoms with Crippen LogP contribution >= 0.6 is 11.8 Å². The molecule has 37 heavy (non-hydrogen) atoms. The van der Waals surface area contributed by atoms with Gasteiger partial charge in [-0.05, 0) is 31.9 Å². The molecule has 3 heterocycles. The second-order valence-corrected chi connectivity index (χ2v) is 10.6. The van der Waals surface area contributed by atoms with E-state index in [4.69, 9.17) is 24.6 Å². The summed E-state index contributed by atoms with van der Waals surface area (Å²) in [5.74, 6) is -0.376. The first-order valence-electron chi connectivity index (χ1n) is 11.4. The number of fused-ring (bicyclic) bond motifs is 1. The summed E-state index contributed by atoms with van der Waals surface area (Å²) in [7, 11) is 5.77. The number of carboxylic acid groups (broad SMARTS) is 1. The smallest absolute Gasteiger partial charge is 0.490 e. The Labute approximate surface area is 216 Å². The molecule has 0 unspecified atom stereocenters. The van der Waals surface area contributed by atoms with Gasteiger partial charge in [0.25, 0.3) is 0 Å². The number of carbonyl (C=O) groups is 1. The molecule has 1 saturated carbocycles. The number of alkyl halides is 3. The van der Waals surface area contributed by atoms with Gasteiger partial charge in [-0.3, -0.25) is 0 Å². The molecule has 2 aromatic heterocycles. The lowest BCUT2D eigenvalue weighted by Crippen LogP contribution is -2.32. The van der Waals surface area contributed by atoms with Gasteiger partial charge in [0.15, 0.2) is 0 Å². The number of thioether (sulfide) groups is 1. The van der Waals surface area contributed by atoms with E-state index < -0.39 is 12.1 Å². The molecule has 9 nitrogen and oxygen atoms in total. The van der Waals surface area contributed by atoms with E-state index in [9.17, 15) is 13.2 Å². The van der Waals surface area contributed by atoms with Crippen LogP contribution in [0.3, 0.4) is 0 Å². The second-order valence-electron chi connectivity index (χ2n) is 9.09. The van der Waals surface area contributed by atoms with Crippen LogP contribution in [0.1, 0.15) is 30.7 Å². The number of rotatable bonds is 5. The summed E-state index contributed by atoms with van der Waals surface area (Å²) in [5, 5.41) is 10.5. The van der Waals surface area contributed by atoms with E-state index in [0.717, 1.165) is 35.1 Å². The van der Waals surface area contributed by atoms with Gasteiger partial charge < -0.3 is 24.6 Å². The van der Waals surface area contributed by atoms with Crippen LogP contribution in [0, 0.1) is 6.92 Å². The molecule has 13 heteroatoms. The molecule has 0 bridgehead atoms. The molecule has 198 valence electrons. The number of aryl methyl sites for hydroxylation is 1. The number of anilines is 3. The van der Waals surface area contributed by atoms with Gasteiger partial charge in [-0.25, -0.2) is 14.8 Å². The SMILES string of the molecule is COc1cc(Nc2nc3c(c(N(C)C)n2)SC2(CCC2)C3)ccc1-n1cnc(C)c1.O=C(O)C(F)(F)F. The molecule has 1 aliphatic carbocycles. The van der Waals surface area contributed by atoms with Crippen molar-refractivity contribution in [3.63, 3.8) is 0 Å². The summed E-state index contributed by atoms with van der Waals surface area (Å²) in [6, 6.07) is 6.00. The number of hydrogen-bond acceptors (Lipinski definition) is 8. The predicted octanol–water partition coefficient (Wildman–Crippen LogP) is 4.99. The van der Waals surface area contributed by atoms with Crippen LogP contribution in [-0.2, 0) is 11.2 Å². The third-order valence-corrected chi connectivity index (χ3v) is 7.69. The zero-order valence-corrected chi connectivity index (χ0v) is 21.6. The summed E-state index contributed by atoms with van der Waals surface area (Å²) < 4.78 is 39.7. The van der Waals surface area contributed by atoms with Crippen LogP contribution in [0.15, 0.2) is 35.6 Å². The van der Waals surface area contributed by atoms with Gasteiger partial charge in [0.2, 0.25) is 5.95 Å². The van der Waals surface area contributed by atoms with Crippen LogP contribution < -0.4 is 15.0 Å². The van der Waals surface area contributed by atoms with Crippen molar-refractivity contribution >= 4 is 35.2 Å². The molecule has 3 aromatic rings. The Kier molecular flexibility index (Phi) is 7.27. The number of nitrogens with one attached hydrogen (secondary N) is 1. The summed E-state index contributed by atoms with van der Waals surface area (Å²) in [6.07, 6.45) is 3.59. The van der Waals surface area contributed by atoms with E-state index in [2.05, 4.69) is 15.2 Å². The van der Waals surface area contributed by atoms with Gasteiger partial charge in [0.05, 0.1) is 35.4 Å². The van der Waals surface area contributed by atoms with Crippen LogP contribution in [0.2, 0.25) is 0 Å². The molecular weight excluding hydrogens is 509 g/mol. The van der Waals surface area contributed by atoms with Crippen molar-refractivity contribution in [2.75, 3.05) is 31.4 Å². The first-order valence-corrected chi connectivity index (χ1v) is 12.3. The van der Waals surface area contributed by atoms with Gasteiger partial charge in [-0.15, -0.1) is 11.8 Å². The minimum absolute atomic E-state index is 0.355. The summed E-state index contributed by atoms with van der Waals surface area (Å²) in [4.78, 5) is 26.2. The van der Waals surface area contributed by atoms with Gasteiger partial charge in [-0.2, -0.15) is 18.2 Å². The molecule has 0 saturated heterocycles. The fourth-order valence-electron chi connectivity index (χ4n) is 4.13. The minimum atomic E-state index is -5.08. The highest BCUT2D eigenvalue weighted by molar-refractivity contribution is 8.01. The Morgan fingerprint density at radius 3 is 2.49 bits per heavy atom. The summed E-state index contributed by atoms with van der Waals surface area (Å²) >= 11 is 1.98. The maximum Gasteiger partial charge on any atom is 0.490 e. The topological polar surface area (TPSA) is 105 Å². The maximum absolute atomic E-state index is 10.6. The minimum Gasteiger partial charge on any atom is -0.494 e. The van der Waals surface area contributed by atoms with Crippen molar-refractivity contribution in [1.29, 1.82) is 0 Å². The highest BCUT2D eigenvalue weighted by Crippen LogP contribution is 2.57. The zero-order chi connectivity index (χ0) is 27.0. The van der Waals surface area contributed by atoms with E-state index in [1.807, 2.05) is 61.7 Å². The van der Waals surface area contributed by atoms with Gasteiger partial charge in [0.1, 0.15) is 11.6 Å². The number of aromatic nitrogens is 4. The number of ether oxygens (including phenoxy) is 1. The van der Waals surface area contributed by atoms with E-state index >= 15 is 0 Å². The van der Waals surface area contributed by atoms with Crippen LogP contribution in [-0.4, -0.2) is 62.7 Å². The molecule has 0 amide bonds. The number of imidazole rings is 1. The highest BCUT2D eigenvalue weighted by atomic mass is 32.2. The van der Waals surface area contributed by atoms with E-state index in [-0.39, 0.29) is 0 Å². The Bertz CT molecular complexity index is 1310. The monoisotopic (exact) mass is 536 g/mol. The van der Waals surface area contributed by atoms with Gasteiger partial charge in [0, 0.05) is 43.2 Å². The third-order valence-electron chi connectivity index (χ3n) is 6.08. The van der Waals surface area contributed by atoms with Crippen molar-refractivity contribution in [2.24, 2.45) is 0 Å². The van der Waals surface area contributed by atoms with Gasteiger partial charge >= 0.3 is 12.1 Å². The van der Waals surface area contributed by atoms with Crippen LogP contribution in [0.4, 0.5) is 30.6 Å². The Balaban J connectivity index is 0.000000405. The Morgan fingerprint density at radius 2 is 1.97 bits per heavy atom. The number of methoxy groups -OCH3 is 1. The van der Waals surface area contributed by atoms with Gasteiger partial charge in [-0.1, -0.05) is 6.42 Å². The summed E-state index contributed by atoms with van der Waals surface area (Å²) in [6.45, 7) is 1.97. The molecule has 1 fully saturated rings. The van der Waals surface area contributed by atoms with Crippen molar-refractivity contribution in [1.82, 2.24) is 19.5 Å².